The molecular formula is C17H24N6O5. The van der Waals surface area contributed by atoms with Crippen molar-refractivity contribution in [2.24, 2.45) is 0 Å². The maximum absolute atomic E-state index is 12.4. The van der Waals surface area contributed by atoms with Gasteiger partial charge >= 0.3 is 0 Å². The summed E-state index contributed by atoms with van der Waals surface area (Å²) in [6, 6.07) is 0.145. The number of aliphatic hydroxyl groups is 3. The topological polar surface area (TPSA) is 165 Å². The van der Waals surface area contributed by atoms with Crippen LogP contribution in [0.25, 0.3) is 11.2 Å². The summed E-state index contributed by atoms with van der Waals surface area (Å²) in [5.41, 5.74) is 1.78. The Labute approximate surface area is 160 Å². The van der Waals surface area contributed by atoms with Crippen LogP contribution in [0.5, 0.6) is 0 Å². The Bertz CT molecular complexity index is 846. The van der Waals surface area contributed by atoms with Crippen molar-refractivity contribution < 1.29 is 24.9 Å². The van der Waals surface area contributed by atoms with Crippen LogP contribution in [-0.2, 0) is 9.53 Å². The Morgan fingerprint density at radius 2 is 2.11 bits per heavy atom. The van der Waals surface area contributed by atoms with Crippen molar-refractivity contribution in [2.45, 2.75) is 56.1 Å². The SMILES string of the molecule is C[C@@H]1O[C@H](Nc2ccnc3nc[nH]c23)[C@H](O)[C@H](O)[C@H]1NC(=O)[C@@H]1NCC[C@@H]1O. The number of rotatable bonds is 4. The molecule has 2 saturated heterocycles. The van der Waals surface area contributed by atoms with Gasteiger partial charge in [-0.05, 0) is 26.0 Å². The second-order valence-corrected chi connectivity index (χ2v) is 7.17. The number of carbonyl (C=O) groups excluding carboxylic acids is 1. The molecule has 0 spiro atoms. The van der Waals surface area contributed by atoms with Crippen LogP contribution in [-0.4, -0.2) is 85.5 Å². The molecule has 0 aliphatic carbocycles. The van der Waals surface area contributed by atoms with Crippen LogP contribution in [0.1, 0.15) is 13.3 Å². The van der Waals surface area contributed by atoms with E-state index in [4.69, 9.17) is 4.74 Å². The van der Waals surface area contributed by atoms with Crippen molar-refractivity contribution in [3.63, 3.8) is 0 Å². The van der Waals surface area contributed by atoms with E-state index in [0.717, 1.165) is 0 Å². The predicted octanol–water partition coefficient (Wildman–Crippen LogP) is -1.96. The van der Waals surface area contributed by atoms with Gasteiger partial charge in [0.2, 0.25) is 5.91 Å². The van der Waals surface area contributed by atoms with Gasteiger partial charge in [0.1, 0.15) is 23.8 Å². The number of carbonyl (C=O) groups is 1. The van der Waals surface area contributed by atoms with Crippen molar-refractivity contribution in [3.05, 3.63) is 18.6 Å². The molecule has 0 unspecified atom stereocenters. The molecule has 2 aromatic heterocycles. The van der Waals surface area contributed by atoms with Crippen LogP contribution < -0.4 is 16.0 Å². The number of ether oxygens (including phenoxy) is 1. The number of anilines is 1. The summed E-state index contributed by atoms with van der Waals surface area (Å²) >= 11 is 0. The lowest BCUT2D eigenvalue weighted by Crippen LogP contribution is -2.65. The zero-order chi connectivity index (χ0) is 19.8. The third-order valence-electron chi connectivity index (χ3n) is 5.30. The first-order valence-electron chi connectivity index (χ1n) is 9.23. The minimum absolute atomic E-state index is 0.434. The van der Waals surface area contributed by atoms with Crippen LogP contribution in [0, 0.1) is 0 Å². The first-order valence-corrected chi connectivity index (χ1v) is 9.23. The van der Waals surface area contributed by atoms with E-state index in [1.54, 1.807) is 19.2 Å². The standard InChI is InChI=1S/C17H24N6O5/c1-7-10(23-16(27)12-9(24)3-5-18-12)13(25)14(26)17(28-7)22-8-2-4-19-15-11(8)20-6-21-15/h2,4,6-7,9-10,12-14,17-18,24-26H,3,5H2,1H3,(H,23,27)(H2,19,20,21,22)/t7-,9-,10-,12+,13+,14+,17-/m0/s1. The normalized spacial score (nSPS) is 35.8. The number of amides is 1. The van der Waals surface area contributed by atoms with Crippen LogP contribution in [0.4, 0.5) is 5.69 Å². The van der Waals surface area contributed by atoms with Crippen LogP contribution >= 0.6 is 0 Å². The lowest BCUT2D eigenvalue weighted by atomic mass is 9.95. The second kappa shape index (κ2) is 7.60. The number of H-pyrrole nitrogens is 1. The minimum Gasteiger partial charge on any atom is -0.391 e. The lowest BCUT2D eigenvalue weighted by Gasteiger charge is -2.42. The Kier molecular flexibility index (Phi) is 5.17. The van der Waals surface area contributed by atoms with Crippen molar-refractivity contribution in [2.75, 3.05) is 11.9 Å². The number of aromatic amines is 1. The first-order chi connectivity index (χ1) is 13.5. The van der Waals surface area contributed by atoms with Gasteiger partial charge in [-0.2, -0.15) is 0 Å². The number of hydrogen-bond acceptors (Lipinski definition) is 9. The molecule has 2 aliphatic heterocycles. The molecule has 7 N–H and O–H groups in total. The van der Waals surface area contributed by atoms with Crippen molar-refractivity contribution >= 4 is 22.8 Å². The highest BCUT2D eigenvalue weighted by Gasteiger charge is 2.44. The first kappa shape index (κ1) is 19.0. The van der Waals surface area contributed by atoms with E-state index in [1.165, 1.54) is 6.33 Å². The highest BCUT2D eigenvalue weighted by Crippen LogP contribution is 2.25. The summed E-state index contributed by atoms with van der Waals surface area (Å²) in [7, 11) is 0. The molecular weight excluding hydrogens is 368 g/mol. The highest BCUT2D eigenvalue weighted by molar-refractivity contribution is 5.85. The maximum atomic E-state index is 12.4. The fraction of sp³-hybridized carbons (Fsp3) is 0.588. The zero-order valence-electron chi connectivity index (χ0n) is 15.2. The number of nitrogens with zero attached hydrogens (tertiary/aromatic N) is 2. The molecule has 0 saturated carbocycles. The molecule has 7 atom stereocenters. The fourth-order valence-electron chi connectivity index (χ4n) is 3.72. The second-order valence-electron chi connectivity index (χ2n) is 7.17. The summed E-state index contributed by atoms with van der Waals surface area (Å²) in [4.78, 5) is 23.6. The Hall–Kier alpha value is -2.31. The molecule has 1 amide bonds. The highest BCUT2D eigenvalue weighted by atomic mass is 16.5. The zero-order valence-corrected chi connectivity index (χ0v) is 15.2. The molecule has 11 nitrogen and oxygen atoms in total. The molecule has 11 heteroatoms. The molecule has 2 fully saturated rings. The van der Waals surface area contributed by atoms with Crippen molar-refractivity contribution in [1.82, 2.24) is 25.6 Å². The molecule has 4 rings (SSSR count). The van der Waals surface area contributed by atoms with Crippen molar-refractivity contribution in [1.29, 1.82) is 0 Å². The summed E-state index contributed by atoms with van der Waals surface area (Å²) in [6.45, 7) is 2.24. The average Bonchev–Trinajstić information content (AvgIpc) is 3.32. The van der Waals surface area contributed by atoms with E-state index in [1.807, 2.05) is 0 Å². The van der Waals surface area contributed by atoms with Crippen molar-refractivity contribution in [3.8, 4) is 0 Å². The van der Waals surface area contributed by atoms with Gasteiger partial charge in [0.25, 0.3) is 0 Å². The number of imidazole rings is 1. The van der Waals surface area contributed by atoms with Gasteiger partial charge in [0.15, 0.2) is 11.9 Å². The van der Waals surface area contributed by atoms with Gasteiger partial charge in [-0.25, -0.2) is 9.97 Å². The molecule has 0 bridgehead atoms. The van der Waals surface area contributed by atoms with Crippen LogP contribution in [0.2, 0.25) is 0 Å². The molecule has 0 radical (unpaired) electrons. The Balaban J connectivity index is 1.45. The third-order valence-corrected chi connectivity index (χ3v) is 5.30. The van der Waals surface area contributed by atoms with E-state index >= 15 is 0 Å². The van der Waals surface area contributed by atoms with Gasteiger partial charge in [-0.1, -0.05) is 0 Å². The summed E-state index contributed by atoms with van der Waals surface area (Å²) in [5.74, 6) is -0.434. The maximum Gasteiger partial charge on any atom is 0.240 e. The fourth-order valence-corrected chi connectivity index (χ4v) is 3.72. The number of pyridine rings is 1. The minimum atomic E-state index is -1.30. The molecule has 2 aromatic rings. The van der Waals surface area contributed by atoms with Gasteiger partial charge in [0.05, 0.1) is 30.3 Å². The Morgan fingerprint density at radius 1 is 1.29 bits per heavy atom. The van der Waals surface area contributed by atoms with Gasteiger partial charge in [0, 0.05) is 6.20 Å². The van der Waals surface area contributed by atoms with Crippen LogP contribution in [0.3, 0.4) is 0 Å². The molecule has 4 heterocycles. The van der Waals surface area contributed by atoms with E-state index in [9.17, 15) is 20.1 Å². The summed E-state index contributed by atoms with van der Waals surface area (Å²) < 4.78 is 5.83. The number of aliphatic hydroxyl groups excluding tert-OH is 3. The molecule has 2 aliphatic rings. The lowest BCUT2D eigenvalue weighted by molar-refractivity contribution is -0.173. The Morgan fingerprint density at radius 3 is 2.86 bits per heavy atom. The van der Waals surface area contributed by atoms with E-state index in [0.29, 0.717) is 29.8 Å². The predicted molar refractivity (Wildman–Crippen MR) is 98.2 cm³/mol. The number of fused-ring (bicyclic) bond motifs is 1. The largest absolute Gasteiger partial charge is 0.391 e. The average molecular weight is 392 g/mol. The number of nitrogens with one attached hydrogen (secondary N) is 4. The van der Waals surface area contributed by atoms with Crippen LogP contribution in [0.15, 0.2) is 18.6 Å². The van der Waals surface area contributed by atoms with Gasteiger partial charge < -0.3 is 41.0 Å². The van der Waals surface area contributed by atoms with Gasteiger partial charge in [-0.3, -0.25) is 4.79 Å². The third kappa shape index (κ3) is 3.42. The summed E-state index contributed by atoms with van der Waals surface area (Å²) in [5, 5.41) is 39.6. The molecule has 152 valence electrons. The quantitative estimate of drug-likeness (QED) is 0.313. The van der Waals surface area contributed by atoms with E-state index < -0.39 is 48.6 Å². The molecule has 0 aromatic carbocycles. The van der Waals surface area contributed by atoms with E-state index in [-0.39, 0.29) is 0 Å². The molecule has 28 heavy (non-hydrogen) atoms. The smallest absolute Gasteiger partial charge is 0.240 e. The monoisotopic (exact) mass is 392 g/mol. The number of aromatic nitrogens is 3. The van der Waals surface area contributed by atoms with E-state index in [2.05, 4.69) is 30.9 Å². The van der Waals surface area contributed by atoms with Gasteiger partial charge in [-0.15, -0.1) is 0 Å². The number of hydrogen-bond donors (Lipinski definition) is 7. The summed E-state index contributed by atoms with van der Waals surface area (Å²) in [6.07, 6.45) is -1.25.